The molecule has 0 bridgehead atoms. The Balaban J connectivity index is 1.53. The fourth-order valence-electron chi connectivity index (χ4n) is 4.34. The maximum absolute atomic E-state index is 13.2. The molecule has 0 unspecified atom stereocenters. The fourth-order valence-corrected chi connectivity index (χ4v) is 4.34. The van der Waals surface area contributed by atoms with Crippen LogP contribution in [0.4, 0.5) is 5.69 Å². The number of methoxy groups -OCH3 is 1. The van der Waals surface area contributed by atoms with Crippen LogP contribution in [0.25, 0.3) is 0 Å². The molecule has 1 amide bonds. The van der Waals surface area contributed by atoms with Crippen molar-refractivity contribution in [2.24, 2.45) is 5.92 Å². The van der Waals surface area contributed by atoms with Gasteiger partial charge in [-0.05, 0) is 73.7 Å². The first-order valence-corrected chi connectivity index (χ1v) is 10.9. The number of amides is 1. The van der Waals surface area contributed by atoms with Crippen molar-refractivity contribution < 1.29 is 14.3 Å². The maximum atomic E-state index is 13.2. The molecule has 0 N–H and O–H groups in total. The smallest absolute Gasteiger partial charge is 0.233 e. The summed E-state index contributed by atoms with van der Waals surface area (Å²) in [7, 11) is 1.65. The van der Waals surface area contributed by atoms with Crippen LogP contribution in [0.5, 0.6) is 11.5 Å². The van der Waals surface area contributed by atoms with E-state index in [0.29, 0.717) is 6.61 Å². The Labute approximate surface area is 184 Å². The number of hydrogen-bond donors (Lipinski definition) is 0. The molecular formula is C27H29NO3. The van der Waals surface area contributed by atoms with Gasteiger partial charge in [-0.2, -0.15) is 0 Å². The number of nitrogens with zero attached hydrogens (tertiary/aromatic N) is 1. The van der Waals surface area contributed by atoms with Gasteiger partial charge in [0.15, 0.2) is 0 Å². The van der Waals surface area contributed by atoms with Crippen LogP contribution in [0, 0.1) is 5.92 Å². The average Bonchev–Trinajstić information content (AvgIpc) is 2.82. The lowest BCUT2D eigenvalue weighted by Gasteiger charge is -2.47. The molecule has 0 spiro atoms. The van der Waals surface area contributed by atoms with Crippen LogP contribution in [0.15, 0.2) is 78.9 Å². The number of β-lactam (4-membered cyclic amide) rings is 1. The van der Waals surface area contributed by atoms with E-state index in [2.05, 4.69) is 36.4 Å². The van der Waals surface area contributed by atoms with Gasteiger partial charge in [-0.15, -0.1) is 0 Å². The van der Waals surface area contributed by atoms with E-state index in [1.807, 2.05) is 54.3 Å². The maximum Gasteiger partial charge on any atom is 0.233 e. The minimum atomic E-state index is -0.0104. The number of anilines is 1. The molecule has 4 nitrogen and oxygen atoms in total. The van der Waals surface area contributed by atoms with Crippen LogP contribution >= 0.6 is 0 Å². The van der Waals surface area contributed by atoms with E-state index >= 15 is 0 Å². The van der Waals surface area contributed by atoms with E-state index in [4.69, 9.17) is 9.47 Å². The monoisotopic (exact) mass is 415 g/mol. The summed E-state index contributed by atoms with van der Waals surface area (Å²) in [6, 6.07) is 26.4. The molecule has 0 aliphatic carbocycles. The standard InChI is InChI=1S/C27H29NO3/c1-3-31-24-16-12-21(13-17-24)26-25(11-7-10-20-8-5-4-6-9-20)27(29)28(26)22-14-18-23(30-2)19-15-22/h4-6,8-9,12-19,25-26H,3,7,10-11H2,1-2H3/t25-,26-/m1/s1. The van der Waals surface area contributed by atoms with Crippen LogP contribution in [0.2, 0.25) is 0 Å². The predicted octanol–water partition coefficient (Wildman–Crippen LogP) is 5.82. The zero-order chi connectivity index (χ0) is 21.6. The third kappa shape index (κ3) is 4.58. The van der Waals surface area contributed by atoms with Crippen molar-refractivity contribution in [3.63, 3.8) is 0 Å². The SMILES string of the molecule is CCOc1ccc([C@@H]2[C@@H](CCCc3ccccc3)C(=O)N2c2ccc(OC)cc2)cc1. The first kappa shape index (κ1) is 21.0. The third-order valence-corrected chi connectivity index (χ3v) is 5.92. The molecule has 1 aliphatic rings. The summed E-state index contributed by atoms with van der Waals surface area (Å²) in [6.45, 7) is 2.62. The van der Waals surface area contributed by atoms with Crippen LogP contribution in [-0.2, 0) is 11.2 Å². The average molecular weight is 416 g/mol. The number of benzene rings is 3. The summed E-state index contributed by atoms with van der Waals surface area (Å²) >= 11 is 0. The van der Waals surface area contributed by atoms with Crippen LogP contribution in [0.3, 0.4) is 0 Å². The second-order valence-corrected chi connectivity index (χ2v) is 7.84. The summed E-state index contributed by atoms with van der Waals surface area (Å²) in [5, 5.41) is 0. The quantitative estimate of drug-likeness (QED) is 0.413. The lowest BCUT2D eigenvalue weighted by molar-refractivity contribution is -0.130. The summed E-state index contributed by atoms with van der Waals surface area (Å²) in [6.07, 6.45) is 2.85. The second-order valence-electron chi connectivity index (χ2n) is 7.84. The molecule has 4 heteroatoms. The van der Waals surface area contributed by atoms with E-state index in [1.165, 1.54) is 5.56 Å². The van der Waals surface area contributed by atoms with E-state index in [1.54, 1.807) is 7.11 Å². The Morgan fingerprint density at radius 2 is 1.55 bits per heavy atom. The van der Waals surface area contributed by atoms with Crippen molar-refractivity contribution >= 4 is 11.6 Å². The normalized spacial score (nSPS) is 17.9. The molecule has 1 saturated heterocycles. The fraction of sp³-hybridized carbons (Fsp3) is 0.296. The first-order valence-electron chi connectivity index (χ1n) is 10.9. The molecule has 0 saturated carbocycles. The van der Waals surface area contributed by atoms with Gasteiger partial charge in [-0.3, -0.25) is 4.79 Å². The van der Waals surface area contributed by atoms with Crippen LogP contribution in [-0.4, -0.2) is 19.6 Å². The first-order chi connectivity index (χ1) is 15.2. The number of aryl methyl sites for hydroxylation is 1. The number of ether oxygens (including phenoxy) is 2. The Hall–Kier alpha value is -3.27. The van der Waals surface area contributed by atoms with Crippen molar-refractivity contribution in [1.29, 1.82) is 0 Å². The van der Waals surface area contributed by atoms with Crippen LogP contribution < -0.4 is 14.4 Å². The molecule has 160 valence electrons. The topological polar surface area (TPSA) is 38.8 Å². The van der Waals surface area contributed by atoms with Gasteiger partial charge < -0.3 is 14.4 Å². The number of carbonyl (C=O) groups excluding carboxylic acids is 1. The number of hydrogen-bond acceptors (Lipinski definition) is 3. The van der Waals surface area contributed by atoms with Gasteiger partial charge in [0.25, 0.3) is 0 Å². The Morgan fingerprint density at radius 1 is 0.871 bits per heavy atom. The lowest BCUT2D eigenvalue weighted by Crippen LogP contribution is -2.55. The highest BCUT2D eigenvalue weighted by Gasteiger charge is 2.48. The number of rotatable bonds is 9. The van der Waals surface area contributed by atoms with Crippen molar-refractivity contribution in [3.05, 3.63) is 90.0 Å². The molecule has 31 heavy (non-hydrogen) atoms. The van der Waals surface area contributed by atoms with Crippen molar-refractivity contribution in [3.8, 4) is 11.5 Å². The van der Waals surface area contributed by atoms with E-state index in [-0.39, 0.29) is 17.9 Å². The van der Waals surface area contributed by atoms with Crippen LogP contribution in [0.1, 0.15) is 36.9 Å². The molecule has 0 aromatic heterocycles. The molecule has 1 aliphatic heterocycles. The Kier molecular flexibility index (Phi) is 6.56. The molecule has 4 rings (SSSR count). The van der Waals surface area contributed by atoms with Gasteiger partial charge in [0.05, 0.1) is 25.7 Å². The molecule has 1 fully saturated rings. The zero-order valence-electron chi connectivity index (χ0n) is 18.2. The second kappa shape index (κ2) is 9.69. The molecule has 1 heterocycles. The largest absolute Gasteiger partial charge is 0.497 e. The minimum Gasteiger partial charge on any atom is -0.497 e. The highest BCUT2D eigenvalue weighted by atomic mass is 16.5. The zero-order valence-corrected chi connectivity index (χ0v) is 18.2. The summed E-state index contributed by atoms with van der Waals surface area (Å²) in [4.78, 5) is 15.1. The van der Waals surface area contributed by atoms with Crippen molar-refractivity contribution in [1.82, 2.24) is 0 Å². The van der Waals surface area contributed by atoms with E-state index in [0.717, 1.165) is 42.0 Å². The predicted molar refractivity (Wildman–Crippen MR) is 124 cm³/mol. The van der Waals surface area contributed by atoms with E-state index in [9.17, 15) is 4.79 Å². The highest BCUT2D eigenvalue weighted by molar-refractivity contribution is 6.03. The molecule has 0 radical (unpaired) electrons. The van der Waals surface area contributed by atoms with Crippen molar-refractivity contribution in [2.45, 2.75) is 32.2 Å². The number of carbonyl (C=O) groups is 1. The third-order valence-electron chi connectivity index (χ3n) is 5.92. The molecule has 2 atom stereocenters. The molecule has 3 aromatic rings. The van der Waals surface area contributed by atoms with Gasteiger partial charge in [-0.1, -0.05) is 42.5 Å². The van der Waals surface area contributed by atoms with Gasteiger partial charge in [-0.25, -0.2) is 0 Å². The van der Waals surface area contributed by atoms with Gasteiger partial charge in [0.2, 0.25) is 5.91 Å². The van der Waals surface area contributed by atoms with Crippen molar-refractivity contribution in [2.75, 3.05) is 18.6 Å². The Bertz CT molecular complexity index is 983. The van der Waals surface area contributed by atoms with Gasteiger partial charge in [0.1, 0.15) is 11.5 Å². The highest BCUT2D eigenvalue weighted by Crippen LogP contribution is 2.46. The summed E-state index contributed by atoms with van der Waals surface area (Å²) < 4.78 is 10.9. The van der Waals surface area contributed by atoms with E-state index < -0.39 is 0 Å². The Morgan fingerprint density at radius 3 is 2.19 bits per heavy atom. The lowest BCUT2D eigenvalue weighted by atomic mass is 9.78. The molecule has 3 aromatic carbocycles. The minimum absolute atomic E-state index is 0.0104. The summed E-state index contributed by atoms with van der Waals surface area (Å²) in [5.74, 6) is 1.82. The molecular weight excluding hydrogens is 386 g/mol. The van der Waals surface area contributed by atoms with Gasteiger partial charge in [0, 0.05) is 5.69 Å². The van der Waals surface area contributed by atoms with Gasteiger partial charge >= 0.3 is 0 Å². The summed E-state index contributed by atoms with van der Waals surface area (Å²) in [5.41, 5.74) is 3.37.